The molecule has 1 aliphatic heterocycles. The molecule has 3 amide bonds. The third-order valence-electron chi connectivity index (χ3n) is 4.12. The average molecular weight is 299 g/mol. The van der Waals surface area contributed by atoms with Crippen molar-refractivity contribution in [2.45, 2.75) is 32.6 Å². The Labute approximate surface area is 127 Å². The Kier molecular flexibility index (Phi) is 7.50. The fourth-order valence-electron chi connectivity index (χ4n) is 2.67. The van der Waals surface area contributed by atoms with E-state index in [2.05, 4.69) is 12.2 Å². The van der Waals surface area contributed by atoms with Crippen LogP contribution in [0.2, 0.25) is 0 Å². The number of hydrogen-bond acceptors (Lipinski definition) is 3. The summed E-state index contributed by atoms with van der Waals surface area (Å²) in [7, 11) is 3.46. The number of likely N-dealkylation sites (tertiary alicyclic amines) is 1. The van der Waals surface area contributed by atoms with Gasteiger partial charge in [0.15, 0.2) is 0 Å². The zero-order valence-corrected chi connectivity index (χ0v) is 13.5. The lowest BCUT2D eigenvalue weighted by Crippen LogP contribution is -2.49. The van der Waals surface area contributed by atoms with Crippen molar-refractivity contribution in [3.05, 3.63) is 0 Å². The van der Waals surface area contributed by atoms with Gasteiger partial charge < -0.3 is 20.2 Å². The highest BCUT2D eigenvalue weighted by molar-refractivity contribution is 5.80. The molecule has 2 unspecified atom stereocenters. The third-order valence-corrected chi connectivity index (χ3v) is 4.12. The first kappa shape index (κ1) is 17.8. The van der Waals surface area contributed by atoms with Gasteiger partial charge in [-0.15, -0.1) is 0 Å². The summed E-state index contributed by atoms with van der Waals surface area (Å²) in [5.41, 5.74) is 0. The first-order valence-electron chi connectivity index (χ1n) is 7.84. The molecule has 21 heavy (non-hydrogen) atoms. The number of amides is 3. The summed E-state index contributed by atoms with van der Waals surface area (Å²) >= 11 is 0. The van der Waals surface area contributed by atoms with Gasteiger partial charge in [-0.05, 0) is 25.2 Å². The Balaban J connectivity index is 2.45. The molecule has 122 valence electrons. The van der Waals surface area contributed by atoms with Gasteiger partial charge in [-0.2, -0.15) is 0 Å². The van der Waals surface area contributed by atoms with Crippen LogP contribution < -0.4 is 5.32 Å². The van der Waals surface area contributed by atoms with Gasteiger partial charge in [0.1, 0.15) is 0 Å². The molecular formula is C15H29N3O3. The number of aliphatic hydroxyl groups is 1. The SMILES string of the molecule is CCC(CCO)CNC(=O)C1CCCN(C(=O)N(C)C)C1. The van der Waals surface area contributed by atoms with Crippen LogP contribution in [0.3, 0.4) is 0 Å². The molecule has 1 aliphatic rings. The molecule has 1 rings (SSSR count). The van der Waals surface area contributed by atoms with Crippen LogP contribution in [-0.4, -0.2) is 67.2 Å². The van der Waals surface area contributed by atoms with E-state index in [1.165, 1.54) is 0 Å². The minimum absolute atomic E-state index is 0.0285. The van der Waals surface area contributed by atoms with Gasteiger partial charge in [-0.1, -0.05) is 13.3 Å². The van der Waals surface area contributed by atoms with Crippen LogP contribution in [-0.2, 0) is 4.79 Å². The summed E-state index contributed by atoms with van der Waals surface area (Å²) in [5.74, 6) is 0.235. The second kappa shape index (κ2) is 8.87. The van der Waals surface area contributed by atoms with Crippen LogP contribution in [0.4, 0.5) is 4.79 Å². The van der Waals surface area contributed by atoms with Gasteiger partial charge in [0.25, 0.3) is 0 Å². The number of piperidine rings is 1. The predicted octanol–water partition coefficient (Wildman–Crippen LogP) is 0.905. The number of nitrogens with zero attached hydrogens (tertiary/aromatic N) is 2. The van der Waals surface area contributed by atoms with Crippen LogP contribution in [0, 0.1) is 11.8 Å². The van der Waals surface area contributed by atoms with Gasteiger partial charge in [0.2, 0.25) is 5.91 Å². The number of carbonyl (C=O) groups excluding carboxylic acids is 2. The number of urea groups is 1. The summed E-state index contributed by atoms with van der Waals surface area (Å²) in [4.78, 5) is 27.5. The fourth-order valence-corrected chi connectivity index (χ4v) is 2.67. The van der Waals surface area contributed by atoms with Gasteiger partial charge in [-0.25, -0.2) is 4.79 Å². The minimum Gasteiger partial charge on any atom is -0.396 e. The summed E-state index contributed by atoms with van der Waals surface area (Å²) in [5, 5.41) is 11.9. The molecule has 0 aliphatic carbocycles. The summed E-state index contributed by atoms with van der Waals surface area (Å²) in [6.45, 7) is 4.05. The highest BCUT2D eigenvalue weighted by atomic mass is 16.3. The molecule has 2 atom stereocenters. The summed E-state index contributed by atoms with van der Waals surface area (Å²) < 4.78 is 0. The molecule has 0 spiro atoms. The van der Waals surface area contributed by atoms with E-state index in [0.717, 1.165) is 25.8 Å². The van der Waals surface area contributed by atoms with Crippen molar-refractivity contribution >= 4 is 11.9 Å². The van der Waals surface area contributed by atoms with Crippen molar-refractivity contribution in [2.75, 3.05) is 40.3 Å². The molecule has 1 heterocycles. The lowest BCUT2D eigenvalue weighted by molar-refractivity contribution is -0.126. The molecule has 0 aromatic carbocycles. The Morgan fingerprint density at radius 2 is 2.14 bits per heavy atom. The zero-order chi connectivity index (χ0) is 15.8. The first-order valence-corrected chi connectivity index (χ1v) is 7.84. The largest absolute Gasteiger partial charge is 0.396 e. The molecule has 2 N–H and O–H groups in total. The fraction of sp³-hybridized carbons (Fsp3) is 0.867. The maximum atomic E-state index is 12.2. The summed E-state index contributed by atoms with van der Waals surface area (Å²) in [6.07, 6.45) is 3.36. The molecule has 1 fully saturated rings. The van der Waals surface area contributed by atoms with E-state index < -0.39 is 0 Å². The number of hydrogen-bond donors (Lipinski definition) is 2. The number of nitrogens with one attached hydrogen (secondary N) is 1. The number of carbonyl (C=O) groups is 2. The Morgan fingerprint density at radius 3 is 2.71 bits per heavy atom. The van der Waals surface area contributed by atoms with Crippen LogP contribution in [0.25, 0.3) is 0 Å². The minimum atomic E-state index is -0.116. The normalized spacial score (nSPS) is 20.0. The second-order valence-corrected chi connectivity index (χ2v) is 5.99. The number of aliphatic hydroxyl groups excluding tert-OH is 1. The Bertz CT molecular complexity index is 347. The smallest absolute Gasteiger partial charge is 0.319 e. The lowest BCUT2D eigenvalue weighted by Gasteiger charge is -2.33. The first-order chi connectivity index (χ1) is 9.99. The van der Waals surface area contributed by atoms with Crippen molar-refractivity contribution in [1.82, 2.24) is 15.1 Å². The van der Waals surface area contributed by atoms with Crippen molar-refractivity contribution in [3.63, 3.8) is 0 Å². The van der Waals surface area contributed by atoms with E-state index in [9.17, 15) is 9.59 Å². The van der Waals surface area contributed by atoms with Gasteiger partial charge in [0.05, 0.1) is 5.92 Å². The Hall–Kier alpha value is -1.30. The Morgan fingerprint density at radius 1 is 1.43 bits per heavy atom. The van der Waals surface area contributed by atoms with Crippen LogP contribution >= 0.6 is 0 Å². The highest BCUT2D eigenvalue weighted by Gasteiger charge is 2.29. The molecule has 0 radical (unpaired) electrons. The van der Waals surface area contributed by atoms with E-state index in [1.807, 2.05) is 0 Å². The molecule has 0 aromatic heterocycles. The lowest BCUT2D eigenvalue weighted by atomic mass is 9.96. The molecule has 6 nitrogen and oxygen atoms in total. The van der Waals surface area contributed by atoms with E-state index in [-0.39, 0.29) is 24.5 Å². The standard InChI is InChI=1S/C15H29N3O3/c1-4-12(7-9-19)10-16-14(20)13-6-5-8-18(11-13)15(21)17(2)3/h12-13,19H,4-11H2,1-3H3,(H,16,20). The monoisotopic (exact) mass is 299 g/mol. The van der Waals surface area contributed by atoms with E-state index >= 15 is 0 Å². The number of rotatable bonds is 6. The van der Waals surface area contributed by atoms with Crippen LogP contribution in [0.1, 0.15) is 32.6 Å². The summed E-state index contributed by atoms with van der Waals surface area (Å²) in [6, 6.07) is -0.0285. The van der Waals surface area contributed by atoms with Crippen molar-refractivity contribution in [2.24, 2.45) is 11.8 Å². The molecule has 0 saturated carbocycles. The molecule has 6 heteroatoms. The van der Waals surface area contributed by atoms with Crippen LogP contribution in [0.5, 0.6) is 0 Å². The van der Waals surface area contributed by atoms with Crippen molar-refractivity contribution < 1.29 is 14.7 Å². The van der Waals surface area contributed by atoms with Crippen LogP contribution in [0.15, 0.2) is 0 Å². The highest BCUT2D eigenvalue weighted by Crippen LogP contribution is 2.18. The van der Waals surface area contributed by atoms with E-state index in [1.54, 1.807) is 23.9 Å². The van der Waals surface area contributed by atoms with Gasteiger partial charge in [0, 0.05) is 40.3 Å². The second-order valence-electron chi connectivity index (χ2n) is 5.99. The molecule has 1 saturated heterocycles. The van der Waals surface area contributed by atoms with Crippen molar-refractivity contribution in [3.8, 4) is 0 Å². The topological polar surface area (TPSA) is 72.9 Å². The van der Waals surface area contributed by atoms with E-state index in [4.69, 9.17) is 5.11 Å². The van der Waals surface area contributed by atoms with Gasteiger partial charge in [-0.3, -0.25) is 4.79 Å². The quantitative estimate of drug-likeness (QED) is 0.765. The van der Waals surface area contributed by atoms with E-state index in [0.29, 0.717) is 25.4 Å². The predicted molar refractivity (Wildman–Crippen MR) is 81.9 cm³/mol. The molecule has 0 aromatic rings. The van der Waals surface area contributed by atoms with Gasteiger partial charge >= 0.3 is 6.03 Å². The zero-order valence-electron chi connectivity index (χ0n) is 13.5. The third kappa shape index (κ3) is 5.53. The average Bonchev–Trinajstić information content (AvgIpc) is 2.50. The maximum absolute atomic E-state index is 12.2. The van der Waals surface area contributed by atoms with Crippen molar-refractivity contribution in [1.29, 1.82) is 0 Å². The molecule has 0 bridgehead atoms. The molecular weight excluding hydrogens is 270 g/mol. The maximum Gasteiger partial charge on any atom is 0.319 e.